The topological polar surface area (TPSA) is 58.6 Å². The molecule has 2 aromatic carbocycles. The molecule has 3 aromatic rings. The molecule has 6 heteroatoms. The van der Waals surface area contributed by atoms with Crippen LogP contribution in [0.15, 0.2) is 66.0 Å². The molecule has 0 bridgehead atoms. The minimum atomic E-state index is -0.558. The quantitative estimate of drug-likeness (QED) is 0.693. The second kappa shape index (κ2) is 7.86. The van der Waals surface area contributed by atoms with Gasteiger partial charge in [-0.3, -0.25) is 9.59 Å². The van der Waals surface area contributed by atoms with Gasteiger partial charge in [0.05, 0.1) is 5.69 Å². The molecule has 0 radical (unpaired) electrons. The van der Waals surface area contributed by atoms with Crippen LogP contribution in [-0.2, 0) is 9.59 Å². The Morgan fingerprint density at radius 3 is 2.71 bits per heavy atom. The van der Waals surface area contributed by atoms with E-state index in [9.17, 15) is 9.59 Å². The van der Waals surface area contributed by atoms with E-state index in [1.54, 1.807) is 23.2 Å². The molecular formula is C22H20N2O3S. The second-order valence-corrected chi connectivity index (χ2v) is 7.49. The zero-order chi connectivity index (χ0) is 19.5. The number of nitrogens with zero attached hydrogens (tertiary/aromatic N) is 1. The monoisotopic (exact) mass is 392 g/mol. The number of anilines is 2. The van der Waals surface area contributed by atoms with Crippen molar-refractivity contribution in [2.45, 2.75) is 19.4 Å². The number of nitrogens with one attached hydrogen (secondary N) is 1. The van der Waals surface area contributed by atoms with Gasteiger partial charge in [0.25, 0.3) is 5.91 Å². The highest BCUT2D eigenvalue weighted by Gasteiger charge is 2.31. The second-order valence-electron chi connectivity index (χ2n) is 6.54. The van der Waals surface area contributed by atoms with E-state index in [0.717, 1.165) is 16.1 Å². The van der Waals surface area contributed by atoms with Crippen molar-refractivity contribution >= 4 is 34.5 Å². The van der Waals surface area contributed by atoms with Crippen LogP contribution in [0.5, 0.6) is 5.75 Å². The predicted molar refractivity (Wildman–Crippen MR) is 112 cm³/mol. The summed E-state index contributed by atoms with van der Waals surface area (Å²) >= 11 is 1.63. The van der Waals surface area contributed by atoms with Gasteiger partial charge in [-0.1, -0.05) is 36.4 Å². The van der Waals surface area contributed by atoms with Crippen molar-refractivity contribution in [1.29, 1.82) is 0 Å². The summed E-state index contributed by atoms with van der Waals surface area (Å²) in [5.41, 5.74) is 2.47. The smallest absolute Gasteiger partial charge is 0.267 e. The molecule has 2 amide bonds. The number of benzene rings is 2. The average Bonchev–Trinajstić information content (AvgIpc) is 3.23. The first-order valence-corrected chi connectivity index (χ1v) is 10.0. The summed E-state index contributed by atoms with van der Waals surface area (Å²) in [5, 5.41) is 5.00. The Morgan fingerprint density at radius 2 is 1.89 bits per heavy atom. The lowest BCUT2D eigenvalue weighted by atomic mass is 10.1. The van der Waals surface area contributed by atoms with Crippen LogP contribution < -0.4 is 15.0 Å². The van der Waals surface area contributed by atoms with Gasteiger partial charge in [-0.2, -0.15) is 0 Å². The zero-order valence-electron chi connectivity index (χ0n) is 15.4. The van der Waals surface area contributed by atoms with E-state index in [4.69, 9.17) is 4.74 Å². The molecule has 0 aliphatic carbocycles. The summed E-state index contributed by atoms with van der Waals surface area (Å²) in [7, 11) is 0. The third kappa shape index (κ3) is 3.64. The first kappa shape index (κ1) is 18.3. The number of hydrogen-bond donors (Lipinski definition) is 1. The Bertz CT molecular complexity index is 1000. The molecule has 2 heterocycles. The summed E-state index contributed by atoms with van der Waals surface area (Å²) in [5.74, 6) is 0.400. The predicted octanol–water partition coefficient (Wildman–Crippen LogP) is 4.56. The maximum Gasteiger partial charge on any atom is 0.267 e. The molecule has 0 saturated carbocycles. The molecular weight excluding hydrogens is 372 g/mol. The van der Waals surface area contributed by atoms with Gasteiger partial charge >= 0.3 is 0 Å². The highest BCUT2D eigenvalue weighted by atomic mass is 32.1. The van der Waals surface area contributed by atoms with Gasteiger partial charge in [0.2, 0.25) is 5.91 Å². The van der Waals surface area contributed by atoms with Crippen molar-refractivity contribution in [3.05, 3.63) is 66.0 Å². The van der Waals surface area contributed by atoms with Gasteiger partial charge in [0.1, 0.15) is 5.75 Å². The van der Waals surface area contributed by atoms with Gasteiger partial charge in [-0.25, -0.2) is 0 Å². The van der Waals surface area contributed by atoms with Crippen LogP contribution >= 0.6 is 11.3 Å². The SMILES string of the molecule is CC1Oc2ccccc2N(CCC(=O)Nc2ccccc2-c2cccs2)C1=O. The van der Waals surface area contributed by atoms with Crippen LogP contribution in [0.1, 0.15) is 13.3 Å². The summed E-state index contributed by atoms with van der Waals surface area (Å²) in [6, 6.07) is 19.2. The number of rotatable bonds is 5. The summed E-state index contributed by atoms with van der Waals surface area (Å²) in [6.45, 7) is 2.03. The maximum atomic E-state index is 12.6. The minimum absolute atomic E-state index is 0.131. The summed E-state index contributed by atoms with van der Waals surface area (Å²) in [6.07, 6.45) is -0.358. The minimum Gasteiger partial charge on any atom is -0.479 e. The molecule has 1 unspecified atom stereocenters. The van der Waals surface area contributed by atoms with Crippen LogP contribution in [0.4, 0.5) is 11.4 Å². The Labute approximate surface area is 167 Å². The molecule has 1 aliphatic rings. The van der Waals surface area contributed by atoms with Crippen LogP contribution in [0, 0.1) is 0 Å². The third-order valence-electron chi connectivity index (χ3n) is 4.62. The van der Waals surface area contributed by atoms with E-state index in [0.29, 0.717) is 18.0 Å². The normalized spacial score (nSPS) is 15.7. The van der Waals surface area contributed by atoms with Gasteiger partial charge in [-0.15, -0.1) is 11.3 Å². The average molecular weight is 392 g/mol. The molecule has 0 saturated heterocycles. The zero-order valence-corrected chi connectivity index (χ0v) is 16.2. The van der Waals surface area contributed by atoms with E-state index in [-0.39, 0.29) is 18.2 Å². The first-order valence-electron chi connectivity index (χ1n) is 9.13. The van der Waals surface area contributed by atoms with Crippen molar-refractivity contribution in [1.82, 2.24) is 0 Å². The van der Waals surface area contributed by atoms with E-state index >= 15 is 0 Å². The number of carbonyl (C=O) groups excluding carboxylic acids is 2. The lowest BCUT2D eigenvalue weighted by Crippen LogP contribution is -2.45. The van der Waals surface area contributed by atoms with E-state index in [2.05, 4.69) is 5.32 Å². The van der Waals surface area contributed by atoms with Crippen molar-refractivity contribution in [2.75, 3.05) is 16.8 Å². The lowest BCUT2D eigenvalue weighted by Gasteiger charge is -2.32. The number of ether oxygens (including phenoxy) is 1. The molecule has 142 valence electrons. The first-order chi connectivity index (χ1) is 13.6. The third-order valence-corrected chi connectivity index (χ3v) is 5.53. The number of thiophene rings is 1. The highest BCUT2D eigenvalue weighted by molar-refractivity contribution is 7.13. The Morgan fingerprint density at radius 1 is 1.11 bits per heavy atom. The van der Waals surface area contributed by atoms with Crippen molar-refractivity contribution < 1.29 is 14.3 Å². The van der Waals surface area contributed by atoms with Crippen molar-refractivity contribution in [3.63, 3.8) is 0 Å². The fourth-order valence-electron chi connectivity index (χ4n) is 3.25. The number of carbonyl (C=O) groups is 2. The van der Waals surface area contributed by atoms with Crippen LogP contribution in [0.3, 0.4) is 0 Å². The number of fused-ring (bicyclic) bond motifs is 1. The Hall–Kier alpha value is -3.12. The molecule has 0 fully saturated rings. The number of para-hydroxylation sites is 3. The number of hydrogen-bond acceptors (Lipinski definition) is 4. The van der Waals surface area contributed by atoms with Gasteiger partial charge in [0, 0.05) is 29.1 Å². The van der Waals surface area contributed by atoms with Crippen molar-refractivity contribution in [2.24, 2.45) is 0 Å². The molecule has 1 atom stereocenters. The molecule has 28 heavy (non-hydrogen) atoms. The van der Waals surface area contributed by atoms with Gasteiger partial charge < -0.3 is 15.0 Å². The summed E-state index contributed by atoms with van der Waals surface area (Å²) in [4.78, 5) is 27.9. The molecule has 1 aromatic heterocycles. The van der Waals surface area contributed by atoms with Gasteiger partial charge in [0.15, 0.2) is 6.10 Å². The lowest BCUT2D eigenvalue weighted by molar-refractivity contribution is -0.125. The fraction of sp³-hybridized carbons (Fsp3) is 0.182. The number of amides is 2. The standard InChI is InChI=1S/C22H20N2O3S/c1-15-22(26)24(18-9-4-5-10-19(18)27-15)13-12-21(25)23-17-8-3-2-7-16(17)20-11-6-14-28-20/h2-11,14-15H,12-13H2,1H3,(H,23,25). The largest absolute Gasteiger partial charge is 0.479 e. The van der Waals surface area contributed by atoms with Crippen LogP contribution in [-0.4, -0.2) is 24.5 Å². The fourth-order valence-corrected chi connectivity index (χ4v) is 4.02. The van der Waals surface area contributed by atoms with Crippen LogP contribution in [0.2, 0.25) is 0 Å². The summed E-state index contributed by atoms with van der Waals surface area (Å²) < 4.78 is 5.64. The molecule has 5 nitrogen and oxygen atoms in total. The highest BCUT2D eigenvalue weighted by Crippen LogP contribution is 2.34. The molecule has 1 N–H and O–H groups in total. The molecule has 0 spiro atoms. The van der Waals surface area contributed by atoms with Crippen LogP contribution in [0.25, 0.3) is 10.4 Å². The molecule has 4 rings (SSSR count). The molecule has 1 aliphatic heterocycles. The van der Waals surface area contributed by atoms with E-state index in [1.807, 2.05) is 66.0 Å². The Kier molecular flexibility index (Phi) is 5.12. The maximum absolute atomic E-state index is 12.6. The Balaban J connectivity index is 1.47. The van der Waals surface area contributed by atoms with E-state index in [1.165, 1.54) is 0 Å². The van der Waals surface area contributed by atoms with Gasteiger partial charge in [-0.05, 0) is 36.6 Å². The van der Waals surface area contributed by atoms with E-state index < -0.39 is 6.10 Å². The van der Waals surface area contributed by atoms with Crippen molar-refractivity contribution in [3.8, 4) is 16.2 Å².